The summed E-state index contributed by atoms with van der Waals surface area (Å²) in [5.41, 5.74) is 0.681. The van der Waals surface area contributed by atoms with E-state index in [-0.39, 0.29) is 17.8 Å². The van der Waals surface area contributed by atoms with E-state index in [1.54, 1.807) is 41.3 Å². The van der Waals surface area contributed by atoms with Crippen molar-refractivity contribution in [1.29, 1.82) is 0 Å². The highest BCUT2D eigenvalue weighted by Crippen LogP contribution is 2.30. The van der Waals surface area contributed by atoms with Crippen LogP contribution in [-0.4, -0.2) is 29.9 Å². The summed E-state index contributed by atoms with van der Waals surface area (Å²) in [4.78, 5) is 27.0. The summed E-state index contributed by atoms with van der Waals surface area (Å²) in [6.45, 7) is 3.08. The number of nitrogens with zero attached hydrogens (tertiary/aromatic N) is 1. The predicted octanol–water partition coefficient (Wildman–Crippen LogP) is 4.43. The van der Waals surface area contributed by atoms with Crippen LogP contribution in [0.4, 0.5) is 14.9 Å². The van der Waals surface area contributed by atoms with E-state index >= 15 is 0 Å². The topological polar surface area (TPSA) is 61.4 Å². The number of anilines is 1. The fraction of sp³-hybridized carbons (Fsp3) is 0.333. The Hall–Kier alpha value is -2.60. The second-order valence-corrected chi connectivity index (χ2v) is 7.71. The Bertz CT molecular complexity index is 859. The molecule has 0 spiro atoms. The van der Waals surface area contributed by atoms with Crippen LogP contribution in [0.3, 0.4) is 0 Å². The van der Waals surface area contributed by atoms with Gasteiger partial charge in [0.1, 0.15) is 5.82 Å². The minimum Gasteiger partial charge on any atom is -0.351 e. The van der Waals surface area contributed by atoms with Gasteiger partial charge >= 0.3 is 6.03 Å². The first-order valence-electron chi connectivity index (χ1n) is 9.21. The summed E-state index contributed by atoms with van der Waals surface area (Å²) >= 11 is 6.10. The molecule has 2 aromatic carbocycles. The molecule has 0 saturated carbocycles. The van der Waals surface area contributed by atoms with Gasteiger partial charge in [0, 0.05) is 19.6 Å². The van der Waals surface area contributed by atoms with Gasteiger partial charge in [-0.15, -0.1) is 0 Å². The maximum Gasteiger partial charge on any atom is 0.321 e. The number of piperidine rings is 1. The average Bonchev–Trinajstić information content (AvgIpc) is 2.69. The van der Waals surface area contributed by atoms with Crippen LogP contribution in [0.5, 0.6) is 0 Å². The number of hydrogen-bond donors (Lipinski definition) is 2. The van der Waals surface area contributed by atoms with Gasteiger partial charge in [-0.2, -0.15) is 0 Å². The number of benzene rings is 2. The molecule has 3 rings (SSSR count). The molecular formula is C21H23ClFN3O2. The Morgan fingerprint density at radius 1 is 1.18 bits per heavy atom. The van der Waals surface area contributed by atoms with E-state index in [4.69, 9.17) is 11.6 Å². The van der Waals surface area contributed by atoms with Crippen molar-refractivity contribution in [3.8, 4) is 0 Å². The first-order valence-corrected chi connectivity index (χ1v) is 9.58. The van der Waals surface area contributed by atoms with Crippen LogP contribution >= 0.6 is 11.6 Å². The Morgan fingerprint density at radius 3 is 2.61 bits per heavy atom. The zero-order valence-corrected chi connectivity index (χ0v) is 16.4. The molecule has 28 heavy (non-hydrogen) atoms. The van der Waals surface area contributed by atoms with Crippen molar-refractivity contribution < 1.29 is 14.0 Å². The molecule has 2 N–H and O–H groups in total. The molecule has 0 aliphatic carbocycles. The molecule has 1 aliphatic rings. The molecule has 1 heterocycles. The Labute approximate surface area is 168 Å². The van der Waals surface area contributed by atoms with E-state index in [0.717, 1.165) is 12.0 Å². The van der Waals surface area contributed by atoms with Gasteiger partial charge in [-0.3, -0.25) is 4.79 Å². The van der Waals surface area contributed by atoms with Crippen LogP contribution in [0, 0.1) is 11.2 Å². The van der Waals surface area contributed by atoms with Gasteiger partial charge in [-0.1, -0.05) is 35.9 Å². The van der Waals surface area contributed by atoms with E-state index in [2.05, 4.69) is 10.6 Å². The number of hydrogen-bond acceptors (Lipinski definition) is 2. The number of para-hydroxylation sites is 1. The molecule has 148 valence electrons. The van der Waals surface area contributed by atoms with Crippen LogP contribution in [-0.2, 0) is 11.3 Å². The van der Waals surface area contributed by atoms with Crippen molar-refractivity contribution in [2.45, 2.75) is 26.3 Å². The Balaban J connectivity index is 1.60. The van der Waals surface area contributed by atoms with Gasteiger partial charge in [0.25, 0.3) is 0 Å². The van der Waals surface area contributed by atoms with Gasteiger partial charge in [0.15, 0.2) is 0 Å². The number of carbonyl (C=O) groups excluding carboxylic acids is 2. The van der Waals surface area contributed by atoms with Crippen LogP contribution < -0.4 is 10.6 Å². The molecule has 5 nitrogen and oxygen atoms in total. The summed E-state index contributed by atoms with van der Waals surface area (Å²) in [6, 6.07) is 12.8. The molecule has 1 atom stereocenters. The van der Waals surface area contributed by atoms with Crippen LogP contribution in [0.2, 0.25) is 5.02 Å². The summed E-state index contributed by atoms with van der Waals surface area (Å²) in [5.74, 6) is -0.429. The Morgan fingerprint density at radius 2 is 1.89 bits per heavy atom. The second kappa shape index (κ2) is 8.61. The molecule has 7 heteroatoms. The first-order chi connectivity index (χ1) is 13.4. The summed E-state index contributed by atoms with van der Waals surface area (Å²) < 4.78 is 13.0. The lowest BCUT2D eigenvalue weighted by molar-refractivity contribution is -0.132. The smallest absolute Gasteiger partial charge is 0.321 e. The van der Waals surface area contributed by atoms with Crippen molar-refractivity contribution in [3.63, 3.8) is 0 Å². The third-order valence-corrected chi connectivity index (χ3v) is 5.34. The highest BCUT2D eigenvalue weighted by atomic mass is 35.5. The fourth-order valence-corrected chi connectivity index (χ4v) is 3.54. The van der Waals surface area contributed by atoms with E-state index in [9.17, 15) is 14.0 Å². The van der Waals surface area contributed by atoms with Gasteiger partial charge in [0.2, 0.25) is 5.91 Å². The van der Waals surface area contributed by atoms with E-state index in [1.807, 2.05) is 6.92 Å². The lowest BCUT2D eigenvalue weighted by Gasteiger charge is -2.39. The number of urea groups is 1. The van der Waals surface area contributed by atoms with Gasteiger partial charge in [-0.25, -0.2) is 9.18 Å². The van der Waals surface area contributed by atoms with Gasteiger partial charge < -0.3 is 15.5 Å². The van der Waals surface area contributed by atoms with Crippen LogP contribution in [0.1, 0.15) is 25.3 Å². The minimum atomic E-state index is -0.684. The SMILES string of the molecule is C[C@@]1(C(=O)NCc2ccc(F)cc2)CCCN(C(=O)Nc2ccccc2Cl)C1. The predicted molar refractivity (Wildman–Crippen MR) is 108 cm³/mol. The molecule has 0 bridgehead atoms. The lowest BCUT2D eigenvalue weighted by Crippen LogP contribution is -2.52. The minimum absolute atomic E-state index is 0.118. The monoisotopic (exact) mass is 403 g/mol. The molecular weight excluding hydrogens is 381 g/mol. The molecule has 2 aromatic rings. The normalized spacial score (nSPS) is 19.2. The molecule has 0 aromatic heterocycles. The molecule has 0 radical (unpaired) electrons. The van der Waals surface area contributed by atoms with E-state index in [0.29, 0.717) is 36.8 Å². The fourth-order valence-electron chi connectivity index (χ4n) is 3.35. The average molecular weight is 404 g/mol. The first kappa shape index (κ1) is 20.1. The van der Waals surface area contributed by atoms with Gasteiger partial charge in [-0.05, 0) is 49.6 Å². The highest BCUT2D eigenvalue weighted by Gasteiger charge is 2.39. The number of nitrogens with one attached hydrogen (secondary N) is 2. The van der Waals surface area contributed by atoms with Crippen molar-refractivity contribution in [3.05, 3.63) is 64.9 Å². The molecule has 3 amide bonds. The summed E-state index contributed by atoms with van der Waals surface area (Å²) in [7, 11) is 0. The standard InChI is InChI=1S/C21H23ClFN3O2/c1-21(19(27)24-13-15-7-9-16(23)10-8-15)11-4-12-26(14-21)20(28)25-18-6-3-2-5-17(18)22/h2-3,5-10H,4,11-14H2,1H3,(H,24,27)(H,25,28)/t21-/m1/s1. The third kappa shape index (κ3) is 4.81. The zero-order chi connectivity index (χ0) is 20.1. The number of halogens is 2. The number of carbonyl (C=O) groups is 2. The molecule has 0 unspecified atom stereocenters. The largest absolute Gasteiger partial charge is 0.351 e. The third-order valence-electron chi connectivity index (χ3n) is 5.01. The highest BCUT2D eigenvalue weighted by molar-refractivity contribution is 6.33. The van der Waals surface area contributed by atoms with Crippen molar-refractivity contribution in [1.82, 2.24) is 10.2 Å². The number of rotatable bonds is 4. The molecule has 1 saturated heterocycles. The van der Waals surface area contributed by atoms with Crippen LogP contribution in [0.25, 0.3) is 0 Å². The maximum atomic E-state index is 13.0. The van der Waals surface area contributed by atoms with Crippen molar-refractivity contribution in [2.24, 2.45) is 5.41 Å². The van der Waals surface area contributed by atoms with Gasteiger partial charge in [0.05, 0.1) is 16.1 Å². The summed E-state index contributed by atoms with van der Waals surface area (Å²) in [6.07, 6.45) is 1.43. The Kier molecular flexibility index (Phi) is 6.19. The molecule has 1 fully saturated rings. The lowest BCUT2D eigenvalue weighted by atomic mass is 9.81. The van der Waals surface area contributed by atoms with Crippen molar-refractivity contribution >= 4 is 29.2 Å². The number of amides is 3. The van der Waals surface area contributed by atoms with E-state index < -0.39 is 5.41 Å². The quantitative estimate of drug-likeness (QED) is 0.793. The molecule has 1 aliphatic heterocycles. The van der Waals surface area contributed by atoms with E-state index in [1.165, 1.54) is 12.1 Å². The van der Waals surface area contributed by atoms with Crippen LogP contribution in [0.15, 0.2) is 48.5 Å². The second-order valence-electron chi connectivity index (χ2n) is 7.30. The maximum absolute atomic E-state index is 13.0. The number of likely N-dealkylation sites (tertiary alicyclic amines) is 1. The van der Waals surface area contributed by atoms with Crippen molar-refractivity contribution in [2.75, 3.05) is 18.4 Å². The summed E-state index contributed by atoms with van der Waals surface area (Å²) in [5, 5.41) is 6.18. The zero-order valence-electron chi connectivity index (χ0n) is 15.7.